The third kappa shape index (κ3) is 8.88. The van der Waals surface area contributed by atoms with Gasteiger partial charge in [-0.3, -0.25) is 0 Å². The highest BCUT2D eigenvalue weighted by Gasteiger charge is 2.00. The number of carbonyl (C=O) groups is 1. The molecular formula is C9H18N2O2. The minimum absolute atomic E-state index is 0.366. The first kappa shape index (κ1) is 12.0. The monoisotopic (exact) mass is 186 g/mol. The van der Waals surface area contributed by atoms with E-state index in [0.29, 0.717) is 25.6 Å². The summed E-state index contributed by atoms with van der Waals surface area (Å²) in [6, 6.07) is 0. The van der Waals surface area contributed by atoms with Crippen molar-refractivity contribution in [3.8, 4) is 0 Å². The van der Waals surface area contributed by atoms with Crippen LogP contribution in [0.25, 0.3) is 0 Å². The Morgan fingerprint density at radius 3 is 2.77 bits per heavy atom. The van der Waals surface area contributed by atoms with Crippen molar-refractivity contribution in [1.82, 2.24) is 5.32 Å². The lowest BCUT2D eigenvalue weighted by atomic mass is 10.2. The summed E-state index contributed by atoms with van der Waals surface area (Å²) in [4.78, 5) is 10.9. The SMILES string of the molecule is CC(C)COC(=O)NC/C=C/CN. The zero-order valence-electron chi connectivity index (χ0n) is 8.25. The largest absolute Gasteiger partial charge is 0.449 e. The summed E-state index contributed by atoms with van der Waals surface area (Å²) in [5, 5.41) is 2.57. The molecule has 0 saturated heterocycles. The predicted molar refractivity (Wildman–Crippen MR) is 52.4 cm³/mol. The fourth-order valence-electron chi connectivity index (χ4n) is 0.615. The Labute approximate surface area is 79.1 Å². The van der Waals surface area contributed by atoms with Crippen LogP contribution < -0.4 is 11.1 Å². The quantitative estimate of drug-likeness (QED) is 0.626. The molecule has 0 aliphatic rings. The predicted octanol–water partition coefficient (Wildman–Crippen LogP) is 0.884. The lowest BCUT2D eigenvalue weighted by Crippen LogP contribution is -2.25. The molecule has 76 valence electrons. The first-order chi connectivity index (χ1) is 6.16. The number of alkyl carbamates (subject to hydrolysis) is 1. The van der Waals surface area contributed by atoms with Crippen molar-refractivity contribution in [3.05, 3.63) is 12.2 Å². The van der Waals surface area contributed by atoms with Crippen LogP contribution in [0, 0.1) is 5.92 Å². The van der Waals surface area contributed by atoms with Gasteiger partial charge in [0.25, 0.3) is 0 Å². The molecule has 0 aliphatic carbocycles. The van der Waals surface area contributed by atoms with Gasteiger partial charge in [0.2, 0.25) is 0 Å². The van der Waals surface area contributed by atoms with E-state index in [1.54, 1.807) is 12.2 Å². The van der Waals surface area contributed by atoms with Gasteiger partial charge < -0.3 is 15.8 Å². The number of hydrogen-bond acceptors (Lipinski definition) is 3. The average Bonchev–Trinajstić information content (AvgIpc) is 2.09. The van der Waals surface area contributed by atoms with Crippen molar-refractivity contribution < 1.29 is 9.53 Å². The molecule has 0 spiro atoms. The summed E-state index contributed by atoms with van der Waals surface area (Å²) < 4.78 is 4.87. The third-order valence-corrected chi connectivity index (χ3v) is 1.21. The van der Waals surface area contributed by atoms with Gasteiger partial charge in [0.1, 0.15) is 0 Å². The summed E-state index contributed by atoms with van der Waals surface area (Å²) in [5.41, 5.74) is 5.21. The summed E-state index contributed by atoms with van der Waals surface area (Å²) >= 11 is 0. The Bertz CT molecular complexity index is 167. The fraction of sp³-hybridized carbons (Fsp3) is 0.667. The topological polar surface area (TPSA) is 64.3 Å². The van der Waals surface area contributed by atoms with Crippen molar-refractivity contribution in [2.24, 2.45) is 11.7 Å². The maximum atomic E-state index is 10.9. The molecule has 0 aromatic rings. The number of amides is 1. The summed E-state index contributed by atoms with van der Waals surface area (Å²) in [7, 11) is 0. The molecule has 0 heterocycles. The molecule has 0 aromatic carbocycles. The Kier molecular flexibility index (Phi) is 7.01. The number of nitrogens with one attached hydrogen (secondary N) is 1. The maximum Gasteiger partial charge on any atom is 0.407 e. The minimum atomic E-state index is -0.379. The van der Waals surface area contributed by atoms with Gasteiger partial charge in [0.05, 0.1) is 6.61 Å². The van der Waals surface area contributed by atoms with E-state index in [1.165, 1.54) is 0 Å². The standard InChI is InChI=1S/C9H18N2O2/c1-8(2)7-13-9(12)11-6-4-3-5-10/h3-4,8H,5-7,10H2,1-2H3,(H,11,12)/b4-3+. The normalized spacial score (nSPS) is 10.8. The molecule has 0 fully saturated rings. The molecule has 0 rings (SSSR count). The second kappa shape index (κ2) is 7.61. The Morgan fingerprint density at radius 1 is 1.54 bits per heavy atom. The summed E-state index contributed by atoms with van der Waals surface area (Å²) in [5.74, 6) is 0.366. The molecule has 13 heavy (non-hydrogen) atoms. The minimum Gasteiger partial charge on any atom is -0.449 e. The molecular weight excluding hydrogens is 168 g/mol. The molecule has 3 N–H and O–H groups in total. The average molecular weight is 186 g/mol. The van der Waals surface area contributed by atoms with Crippen LogP contribution in [-0.4, -0.2) is 25.8 Å². The second-order valence-corrected chi connectivity index (χ2v) is 3.08. The number of carbonyl (C=O) groups excluding carboxylic acids is 1. The van der Waals surface area contributed by atoms with Crippen molar-refractivity contribution >= 4 is 6.09 Å². The smallest absolute Gasteiger partial charge is 0.407 e. The van der Waals surface area contributed by atoms with E-state index in [4.69, 9.17) is 10.5 Å². The molecule has 0 saturated carbocycles. The fourth-order valence-corrected chi connectivity index (χ4v) is 0.615. The van der Waals surface area contributed by atoms with Crippen LogP contribution in [0.5, 0.6) is 0 Å². The first-order valence-corrected chi connectivity index (χ1v) is 4.42. The highest BCUT2D eigenvalue weighted by atomic mass is 16.5. The molecule has 1 amide bonds. The zero-order chi connectivity index (χ0) is 10.1. The van der Waals surface area contributed by atoms with E-state index in [2.05, 4.69) is 5.32 Å². The molecule has 4 nitrogen and oxygen atoms in total. The van der Waals surface area contributed by atoms with Crippen LogP contribution in [0.4, 0.5) is 4.79 Å². The number of hydrogen-bond donors (Lipinski definition) is 2. The first-order valence-electron chi connectivity index (χ1n) is 4.42. The highest BCUT2D eigenvalue weighted by Crippen LogP contribution is 1.91. The van der Waals surface area contributed by atoms with Gasteiger partial charge in [-0.25, -0.2) is 4.79 Å². The summed E-state index contributed by atoms with van der Waals surface area (Å²) in [6.45, 7) is 5.38. The van der Waals surface area contributed by atoms with Crippen LogP contribution >= 0.6 is 0 Å². The van der Waals surface area contributed by atoms with Crippen molar-refractivity contribution in [2.75, 3.05) is 19.7 Å². The molecule has 0 aliphatic heterocycles. The van der Waals surface area contributed by atoms with Crippen LogP contribution in [0.3, 0.4) is 0 Å². The van der Waals surface area contributed by atoms with Crippen molar-refractivity contribution in [2.45, 2.75) is 13.8 Å². The Hall–Kier alpha value is -1.03. The van der Waals surface area contributed by atoms with Crippen molar-refractivity contribution in [3.63, 3.8) is 0 Å². The van der Waals surface area contributed by atoms with E-state index in [-0.39, 0.29) is 6.09 Å². The van der Waals surface area contributed by atoms with Gasteiger partial charge in [-0.1, -0.05) is 26.0 Å². The lowest BCUT2D eigenvalue weighted by Gasteiger charge is -2.06. The Balaban J connectivity index is 3.35. The van der Waals surface area contributed by atoms with Crippen LogP contribution in [0.2, 0.25) is 0 Å². The number of ether oxygens (including phenoxy) is 1. The highest BCUT2D eigenvalue weighted by molar-refractivity contribution is 5.67. The molecule has 0 bridgehead atoms. The molecule has 0 atom stereocenters. The number of rotatable bonds is 5. The van der Waals surface area contributed by atoms with E-state index in [9.17, 15) is 4.79 Å². The van der Waals surface area contributed by atoms with E-state index >= 15 is 0 Å². The summed E-state index contributed by atoms with van der Waals surface area (Å²) in [6.07, 6.45) is 3.19. The van der Waals surface area contributed by atoms with E-state index in [0.717, 1.165) is 0 Å². The zero-order valence-corrected chi connectivity index (χ0v) is 8.25. The Morgan fingerprint density at radius 2 is 2.23 bits per heavy atom. The molecule has 0 aromatic heterocycles. The van der Waals surface area contributed by atoms with E-state index < -0.39 is 0 Å². The molecule has 4 heteroatoms. The van der Waals surface area contributed by atoms with Gasteiger partial charge in [-0.2, -0.15) is 0 Å². The third-order valence-electron chi connectivity index (χ3n) is 1.21. The van der Waals surface area contributed by atoms with E-state index in [1.807, 2.05) is 13.8 Å². The lowest BCUT2D eigenvalue weighted by molar-refractivity contribution is 0.134. The van der Waals surface area contributed by atoms with Gasteiger partial charge >= 0.3 is 6.09 Å². The van der Waals surface area contributed by atoms with Crippen LogP contribution in [0.1, 0.15) is 13.8 Å². The second-order valence-electron chi connectivity index (χ2n) is 3.08. The maximum absolute atomic E-state index is 10.9. The molecule has 0 unspecified atom stereocenters. The number of nitrogens with two attached hydrogens (primary N) is 1. The molecule has 0 radical (unpaired) electrons. The van der Waals surface area contributed by atoms with Crippen molar-refractivity contribution in [1.29, 1.82) is 0 Å². The van der Waals surface area contributed by atoms with Crippen LogP contribution in [0.15, 0.2) is 12.2 Å². The van der Waals surface area contributed by atoms with Gasteiger partial charge in [-0.15, -0.1) is 0 Å². The van der Waals surface area contributed by atoms with Crippen LogP contribution in [-0.2, 0) is 4.74 Å². The van der Waals surface area contributed by atoms with Gasteiger partial charge in [0, 0.05) is 13.1 Å². The van der Waals surface area contributed by atoms with Gasteiger partial charge in [-0.05, 0) is 5.92 Å². The van der Waals surface area contributed by atoms with Gasteiger partial charge in [0.15, 0.2) is 0 Å².